The average molecular weight is 340 g/mol. The molecule has 2 N–H and O–H groups in total. The number of hydrogen-bond acceptors (Lipinski definition) is 4. The molecule has 1 saturated heterocycles. The number of aliphatic hydroxyl groups is 1. The summed E-state index contributed by atoms with van der Waals surface area (Å²) in [6.45, 7) is 7.42. The summed E-state index contributed by atoms with van der Waals surface area (Å²) in [6, 6.07) is 0. The maximum absolute atomic E-state index is 12.2. The highest BCUT2D eigenvalue weighted by Crippen LogP contribution is 2.50. The van der Waals surface area contributed by atoms with E-state index in [1.807, 2.05) is 20.8 Å². The lowest BCUT2D eigenvalue weighted by atomic mass is 9.56. The normalized spacial score (nSPS) is 30.2. The number of nitrogens with one attached hydrogen (secondary N) is 1. The third kappa shape index (κ3) is 4.09. The zero-order chi connectivity index (χ0) is 17.8. The molecule has 2 aliphatic rings. The van der Waals surface area contributed by atoms with Crippen molar-refractivity contribution in [3.05, 3.63) is 0 Å². The van der Waals surface area contributed by atoms with Crippen LogP contribution in [0.15, 0.2) is 0 Å². The van der Waals surface area contributed by atoms with E-state index in [2.05, 4.69) is 5.32 Å². The number of amides is 2. The van der Waals surface area contributed by atoms with Gasteiger partial charge in [-0.3, -0.25) is 9.59 Å². The number of carbonyl (C=O) groups excluding carboxylic acids is 2. The molecule has 0 aromatic carbocycles. The predicted octanol–water partition coefficient (Wildman–Crippen LogP) is 1.46. The number of nitrogens with zero attached hydrogens (tertiary/aromatic N) is 1. The van der Waals surface area contributed by atoms with Gasteiger partial charge >= 0.3 is 0 Å². The second kappa shape index (κ2) is 7.83. The fraction of sp³-hybridized carbons (Fsp3) is 0.889. The monoisotopic (exact) mass is 340 g/mol. The van der Waals surface area contributed by atoms with Crippen LogP contribution in [-0.2, 0) is 14.3 Å². The molecule has 1 aliphatic heterocycles. The first kappa shape index (κ1) is 19.2. The molecule has 6 nitrogen and oxygen atoms in total. The smallest absolute Gasteiger partial charge is 0.239 e. The van der Waals surface area contributed by atoms with Gasteiger partial charge in [-0.1, -0.05) is 26.7 Å². The van der Waals surface area contributed by atoms with E-state index in [0.29, 0.717) is 26.0 Å². The molecule has 6 heteroatoms. The van der Waals surface area contributed by atoms with Crippen LogP contribution in [0.25, 0.3) is 0 Å². The molecule has 0 radical (unpaired) electrons. The van der Waals surface area contributed by atoms with Crippen LogP contribution in [-0.4, -0.2) is 59.8 Å². The number of ether oxygens (including phenoxy) is 1. The summed E-state index contributed by atoms with van der Waals surface area (Å²) in [5.41, 5.74) is -1.35. The molecule has 2 fully saturated rings. The quantitative estimate of drug-likeness (QED) is 0.767. The van der Waals surface area contributed by atoms with Gasteiger partial charge in [-0.05, 0) is 19.8 Å². The third-order valence-corrected chi connectivity index (χ3v) is 5.73. The molecule has 1 heterocycles. The highest BCUT2D eigenvalue weighted by atomic mass is 16.5. The van der Waals surface area contributed by atoms with Gasteiger partial charge in [-0.2, -0.15) is 0 Å². The van der Waals surface area contributed by atoms with Crippen molar-refractivity contribution in [1.29, 1.82) is 0 Å². The van der Waals surface area contributed by atoms with Gasteiger partial charge in [0.15, 0.2) is 0 Å². The molecule has 2 amide bonds. The van der Waals surface area contributed by atoms with Crippen LogP contribution in [0.3, 0.4) is 0 Å². The molecule has 138 valence electrons. The summed E-state index contributed by atoms with van der Waals surface area (Å²) in [7, 11) is 0. The SMILES string of the molecule is CCO[C@H]1C[C@@](O)(CNC(=O)CN2CCCCCCC2=O)C1(C)C. The van der Waals surface area contributed by atoms with Gasteiger partial charge in [0.1, 0.15) is 0 Å². The molecule has 0 aromatic rings. The minimum Gasteiger partial charge on any atom is -0.387 e. The van der Waals surface area contributed by atoms with Crippen molar-refractivity contribution in [2.45, 2.75) is 71.0 Å². The average Bonchev–Trinajstić information content (AvgIpc) is 2.52. The van der Waals surface area contributed by atoms with Gasteiger partial charge in [-0.15, -0.1) is 0 Å². The molecule has 0 unspecified atom stereocenters. The van der Waals surface area contributed by atoms with Crippen LogP contribution in [0, 0.1) is 5.41 Å². The zero-order valence-electron chi connectivity index (χ0n) is 15.3. The maximum Gasteiger partial charge on any atom is 0.239 e. The first-order valence-electron chi connectivity index (χ1n) is 9.18. The number of hydrogen-bond donors (Lipinski definition) is 2. The molecule has 0 bridgehead atoms. The van der Waals surface area contributed by atoms with Gasteiger partial charge in [0.05, 0.1) is 18.2 Å². The second-order valence-corrected chi connectivity index (χ2v) is 7.66. The second-order valence-electron chi connectivity index (χ2n) is 7.66. The van der Waals surface area contributed by atoms with E-state index in [0.717, 1.165) is 25.7 Å². The van der Waals surface area contributed by atoms with E-state index in [1.165, 1.54) is 0 Å². The summed E-state index contributed by atoms with van der Waals surface area (Å²) < 4.78 is 5.63. The van der Waals surface area contributed by atoms with Gasteiger partial charge < -0.3 is 20.1 Å². The topological polar surface area (TPSA) is 78.9 Å². The number of rotatable bonds is 6. The van der Waals surface area contributed by atoms with E-state index in [9.17, 15) is 14.7 Å². The zero-order valence-corrected chi connectivity index (χ0v) is 15.3. The fourth-order valence-electron chi connectivity index (χ4n) is 3.62. The van der Waals surface area contributed by atoms with E-state index >= 15 is 0 Å². The van der Waals surface area contributed by atoms with Crippen LogP contribution in [0.2, 0.25) is 0 Å². The molecule has 1 saturated carbocycles. The van der Waals surface area contributed by atoms with Gasteiger partial charge in [0.2, 0.25) is 11.8 Å². The summed E-state index contributed by atoms with van der Waals surface area (Å²) >= 11 is 0. The lowest BCUT2D eigenvalue weighted by molar-refractivity contribution is -0.238. The Kier molecular flexibility index (Phi) is 6.26. The van der Waals surface area contributed by atoms with E-state index < -0.39 is 11.0 Å². The van der Waals surface area contributed by atoms with Crippen molar-refractivity contribution in [3.63, 3.8) is 0 Å². The Balaban J connectivity index is 1.81. The number of carbonyl (C=O) groups is 2. The number of likely N-dealkylation sites (tertiary alicyclic amines) is 1. The summed E-state index contributed by atoms with van der Waals surface area (Å²) in [4.78, 5) is 25.9. The highest BCUT2D eigenvalue weighted by Gasteiger charge is 2.59. The first-order valence-corrected chi connectivity index (χ1v) is 9.18. The molecule has 2 rings (SSSR count). The standard InChI is InChI=1S/C18H32N2O4/c1-4-24-14-11-18(23,17(14,2)3)13-19-15(21)12-20-10-8-6-5-7-9-16(20)22/h14,23H,4-13H2,1-3H3,(H,19,21)/t14-,18+/m0/s1. The molecule has 24 heavy (non-hydrogen) atoms. The lowest BCUT2D eigenvalue weighted by Gasteiger charge is -2.58. The van der Waals surface area contributed by atoms with Crippen molar-refractivity contribution in [3.8, 4) is 0 Å². The van der Waals surface area contributed by atoms with Gasteiger partial charge in [0, 0.05) is 38.0 Å². The Labute approximate surface area is 144 Å². The Morgan fingerprint density at radius 3 is 2.71 bits per heavy atom. The molecule has 1 aliphatic carbocycles. The lowest BCUT2D eigenvalue weighted by Crippen LogP contribution is -2.69. The molecular formula is C18H32N2O4. The summed E-state index contributed by atoms with van der Waals surface area (Å²) in [5.74, 6) is -0.142. The summed E-state index contributed by atoms with van der Waals surface area (Å²) in [6.07, 6.45) is 5.13. The Morgan fingerprint density at radius 1 is 1.33 bits per heavy atom. The fourth-order valence-corrected chi connectivity index (χ4v) is 3.62. The molecular weight excluding hydrogens is 308 g/mol. The van der Waals surface area contributed by atoms with Crippen molar-refractivity contribution < 1.29 is 19.4 Å². The van der Waals surface area contributed by atoms with Crippen LogP contribution in [0.4, 0.5) is 0 Å². The molecule has 2 atom stereocenters. The largest absolute Gasteiger partial charge is 0.387 e. The Morgan fingerprint density at radius 2 is 2.04 bits per heavy atom. The van der Waals surface area contributed by atoms with E-state index in [1.54, 1.807) is 4.90 Å². The highest BCUT2D eigenvalue weighted by molar-refractivity contribution is 5.84. The van der Waals surface area contributed by atoms with Crippen LogP contribution in [0.1, 0.15) is 59.3 Å². The Hall–Kier alpha value is -1.14. The first-order chi connectivity index (χ1) is 11.3. The van der Waals surface area contributed by atoms with E-state index in [4.69, 9.17) is 4.74 Å². The summed E-state index contributed by atoms with van der Waals surface area (Å²) in [5, 5.41) is 13.6. The Bertz CT molecular complexity index is 466. The van der Waals surface area contributed by atoms with Crippen molar-refractivity contribution in [1.82, 2.24) is 10.2 Å². The third-order valence-electron chi connectivity index (χ3n) is 5.73. The predicted molar refractivity (Wildman–Crippen MR) is 91.4 cm³/mol. The minimum absolute atomic E-state index is 0.0142. The minimum atomic E-state index is -0.956. The van der Waals surface area contributed by atoms with Crippen LogP contribution < -0.4 is 5.32 Å². The van der Waals surface area contributed by atoms with Crippen molar-refractivity contribution >= 4 is 11.8 Å². The van der Waals surface area contributed by atoms with Crippen LogP contribution in [0.5, 0.6) is 0 Å². The van der Waals surface area contributed by atoms with E-state index in [-0.39, 0.29) is 31.0 Å². The molecule has 0 aromatic heterocycles. The molecule has 0 spiro atoms. The van der Waals surface area contributed by atoms with Crippen LogP contribution >= 0.6 is 0 Å². The van der Waals surface area contributed by atoms with Crippen molar-refractivity contribution in [2.24, 2.45) is 5.41 Å². The van der Waals surface area contributed by atoms with Crippen molar-refractivity contribution in [2.75, 3.05) is 26.2 Å². The van der Waals surface area contributed by atoms with Gasteiger partial charge in [0.25, 0.3) is 0 Å². The maximum atomic E-state index is 12.2. The van der Waals surface area contributed by atoms with Gasteiger partial charge in [-0.25, -0.2) is 0 Å².